The molecule has 5 nitrogen and oxygen atoms in total. The van der Waals surface area contributed by atoms with Crippen molar-refractivity contribution in [2.24, 2.45) is 0 Å². The first-order valence-corrected chi connectivity index (χ1v) is 11.3. The molecule has 0 aliphatic carbocycles. The topological polar surface area (TPSA) is 46.2 Å². The van der Waals surface area contributed by atoms with E-state index in [1.165, 1.54) is 0 Å². The largest absolute Gasteiger partial charge is 0.373 e. The Morgan fingerprint density at radius 1 is 0.760 bits per heavy atom. The molecule has 0 saturated carbocycles. The number of unbranched alkanes of at least 4 members (excludes halogenated alkanes) is 3. The van der Waals surface area contributed by atoms with E-state index in [1.807, 2.05) is 0 Å². The molecule has 1 rings (SSSR count). The Bertz CT molecular complexity index is 294. The Morgan fingerprint density at radius 2 is 1.24 bits per heavy atom. The number of hydrogen-bond donors (Lipinski definition) is 0. The Kier molecular flexibility index (Phi) is 13.7. The number of alkyl halides is 1. The second-order valence-corrected chi connectivity index (χ2v) is 7.38. The van der Waals surface area contributed by atoms with Crippen molar-refractivity contribution in [1.29, 1.82) is 0 Å². The van der Waals surface area contributed by atoms with Crippen LogP contribution in [0, 0.1) is 0 Å². The molecule has 150 valence electrons. The van der Waals surface area contributed by atoms with Gasteiger partial charge in [-0.15, -0.1) is 0 Å². The van der Waals surface area contributed by atoms with E-state index in [0.717, 1.165) is 49.6 Å². The minimum atomic E-state index is -0.408. The first-order valence-electron chi connectivity index (χ1n) is 9.82. The minimum absolute atomic E-state index is 0.0416. The normalized spacial score (nSPS) is 29.9. The van der Waals surface area contributed by atoms with E-state index in [9.17, 15) is 0 Å². The summed E-state index contributed by atoms with van der Waals surface area (Å²) in [6, 6.07) is 0. The first-order chi connectivity index (χ1) is 12.2. The third-order valence-electron chi connectivity index (χ3n) is 4.40. The minimum Gasteiger partial charge on any atom is -0.373 e. The lowest BCUT2D eigenvalue weighted by Crippen LogP contribution is -2.61. The highest BCUT2D eigenvalue weighted by atomic mass is 127. The van der Waals surface area contributed by atoms with Crippen molar-refractivity contribution in [2.45, 2.75) is 90.0 Å². The number of ether oxygens (including phenoxy) is 5. The van der Waals surface area contributed by atoms with E-state index in [-0.39, 0.29) is 24.4 Å². The maximum Gasteiger partial charge on any atom is 0.186 e. The summed E-state index contributed by atoms with van der Waals surface area (Å²) < 4.78 is 31.2. The Hall–Kier alpha value is 0.530. The van der Waals surface area contributed by atoms with Gasteiger partial charge in [0.05, 0.1) is 6.10 Å². The van der Waals surface area contributed by atoms with Gasteiger partial charge in [-0.3, -0.25) is 0 Å². The van der Waals surface area contributed by atoms with Crippen molar-refractivity contribution >= 4 is 22.6 Å². The monoisotopic (exact) mass is 472 g/mol. The van der Waals surface area contributed by atoms with Crippen LogP contribution in [0.2, 0.25) is 0 Å². The lowest BCUT2D eigenvalue weighted by molar-refractivity contribution is -0.308. The molecule has 0 amide bonds. The number of halogens is 1. The molecule has 6 heteroatoms. The average molecular weight is 472 g/mol. The van der Waals surface area contributed by atoms with Crippen molar-refractivity contribution in [3.63, 3.8) is 0 Å². The molecule has 0 aromatic carbocycles. The second-order valence-electron chi connectivity index (χ2n) is 6.50. The maximum absolute atomic E-state index is 6.26. The fraction of sp³-hybridized carbons (Fsp3) is 1.00. The van der Waals surface area contributed by atoms with Gasteiger partial charge in [0.15, 0.2) is 6.29 Å². The molecular formula is C19H37IO5. The van der Waals surface area contributed by atoms with Crippen LogP contribution >= 0.6 is 22.6 Å². The van der Waals surface area contributed by atoms with Crippen LogP contribution in [-0.4, -0.2) is 62.1 Å². The standard InChI is InChI=1S/C19H37IO5/c1-5-8-11-22-16-15(14-20)25-19(21-4)18(24-13-10-7-3)17(16)23-12-9-6-2/h15-19H,5-14H2,1-4H3/t15-,16-,17+,18-,19+/m1/s1. The van der Waals surface area contributed by atoms with E-state index < -0.39 is 6.29 Å². The molecule has 5 atom stereocenters. The van der Waals surface area contributed by atoms with Gasteiger partial charge in [0.25, 0.3) is 0 Å². The summed E-state index contributed by atoms with van der Waals surface area (Å²) in [5, 5.41) is 0. The van der Waals surface area contributed by atoms with Gasteiger partial charge in [-0.2, -0.15) is 0 Å². The van der Waals surface area contributed by atoms with Gasteiger partial charge in [-0.1, -0.05) is 62.6 Å². The van der Waals surface area contributed by atoms with Gasteiger partial charge in [0.1, 0.15) is 18.3 Å². The molecule has 0 aromatic heterocycles. The maximum atomic E-state index is 6.26. The molecule has 0 spiro atoms. The van der Waals surface area contributed by atoms with Gasteiger partial charge in [-0.25, -0.2) is 0 Å². The molecule has 1 aliphatic heterocycles. The average Bonchev–Trinajstić information content (AvgIpc) is 2.63. The van der Waals surface area contributed by atoms with Gasteiger partial charge >= 0.3 is 0 Å². The highest BCUT2D eigenvalue weighted by molar-refractivity contribution is 14.1. The summed E-state index contributed by atoms with van der Waals surface area (Å²) in [5.74, 6) is 0. The van der Waals surface area contributed by atoms with Crippen molar-refractivity contribution in [3.8, 4) is 0 Å². The van der Waals surface area contributed by atoms with Gasteiger partial charge in [0.2, 0.25) is 0 Å². The van der Waals surface area contributed by atoms with Gasteiger partial charge in [-0.05, 0) is 19.3 Å². The second kappa shape index (κ2) is 14.6. The van der Waals surface area contributed by atoms with Crippen LogP contribution < -0.4 is 0 Å². The summed E-state index contributed by atoms with van der Waals surface area (Å²) in [5.41, 5.74) is 0. The SMILES string of the molecule is CCCCO[C@@H]1[C@@H](OCCCC)[C@@H](OC)O[C@H](CI)[C@H]1OCCCC. The molecule has 1 heterocycles. The fourth-order valence-electron chi connectivity index (χ4n) is 2.85. The lowest BCUT2D eigenvalue weighted by Gasteiger charge is -2.45. The van der Waals surface area contributed by atoms with Crippen LogP contribution in [0.5, 0.6) is 0 Å². The van der Waals surface area contributed by atoms with Gasteiger partial charge in [0, 0.05) is 31.4 Å². The molecular weight excluding hydrogens is 435 g/mol. The van der Waals surface area contributed by atoms with E-state index in [1.54, 1.807) is 7.11 Å². The van der Waals surface area contributed by atoms with E-state index >= 15 is 0 Å². The summed E-state index contributed by atoms with van der Waals surface area (Å²) in [6.45, 7) is 8.63. The first kappa shape index (κ1) is 23.6. The summed E-state index contributed by atoms with van der Waals surface area (Å²) in [6.07, 6.45) is 5.45. The predicted molar refractivity (Wildman–Crippen MR) is 109 cm³/mol. The molecule has 1 aliphatic rings. The third-order valence-corrected chi connectivity index (χ3v) is 5.27. The smallest absolute Gasteiger partial charge is 0.186 e. The zero-order valence-corrected chi connectivity index (χ0v) is 18.5. The number of rotatable bonds is 14. The Morgan fingerprint density at radius 3 is 1.68 bits per heavy atom. The quantitative estimate of drug-likeness (QED) is 0.214. The van der Waals surface area contributed by atoms with E-state index in [2.05, 4.69) is 43.4 Å². The highest BCUT2D eigenvalue weighted by Crippen LogP contribution is 2.30. The Balaban J connectivity index is 2.87. The lowest BCUT2D eigenvalue weighted by atomic mass is 9.98. The molecule has 1 fully saturated rings. The highest BCUT2D eigenvalue weighted by Gasteiger charge is 2.47. The van der Waals surface area contributed by atoms with Crippen molar-refractivity contribution in [3.05, 3.63) is 0 Å². The molecule has 0 N–H and O–H groups in total. The fourth-order valence-corrected chi connectivity index (χ4v) is 3.56. The van der Waals surface area contributed by atoms with E-state index in [4.69, 9.17) is 23.7 Å². The van der Waals surface area contributed by atoms with Crippen LogP contribution in [0.25, 0.3) is 0 Å². The third kappa shape index (κ3) is 7.97. The van der Waals surface area contributed by atoms with Crippen LogP contribution in [0.3, 0.4) is 0 Å². The molecule has 1 saturated heterocycles. The van der Waals surface area contributed by atoms with Crippen LogP contribution in [-0.2, 0) is 23.7 Å². The van der Waals surface area contributed by atoms with Crippen LogP contribution in [0.15, 0.2) is 0 Å². The summed E-state index contributed by atoms with van der Waals surface area (Å²) in [4.78, 5) is 0. The molecule has 0 aromatic rings. The van der Waals surface area contributed by atoms with Crippen LogP contribution in [0.4, 0.5) is 0 Å². The molecule has 25 heavy (non-hydrogen) atoms. The van der Waals surface area contributed by atoms with Crippen molar-refractivity contribution in [2.75, 3.05) is 31.4 Å². The number of methoxy groups -OCH3 is 1. The van der Waals surface area contributed by atoms with Crippen LogP contribution in [0.1, 0.15) is 59.3 Å². The van der Waals surface area contributed by atoms with Gasteiger partial charge < -0.3 is 23.7 Å². The zero-order chi connectivity index (χ0) is 18.5. The van der Waals surface area contributed by atoms with E-state index in [0.29, 0.717) is 13.2 Å². The molecule has 0 bridgehead atoms. The zero-order valence-electron chi connectivity index (χ0n) is 16.4. The summed E-state index contributed by atoms with van der Waals surface area (Å²) in [7, 11) is 1.67. The number of hydrogen-bond acceptors (Lipinski definition) is 5. The van der Waals surface area contributed by atoms with Crippen molar-refractivity contribution in [1.82, 2.24) is 0 Å². The molecule has 0 radical (unpaired) electrons. The Labute approximate surface area is 167 Å². The predicted octanol–water partition coefficient (Wildman–Crippen LogP) is 4.35. The molecule has 0 unspecified atom stereocenters. The summed E-state index contributed by atoms with van der Waals surface area (Å²) >= 11 is 2.35. The van der Waals surface area contributed by atoms with Crippen molar-refractivity contribution < 1.29 is 23.7 Å².